The predicted octanol–water partition coefficient (Wildman–Crippen LogP) is 4.45. The van der Waals surface area contributed by atoms with Gasteiger partial charge in [-0.2, -0.15) is 4.98 Å². The van der Waals surface area contributed by atoms with Gasteiger partial charge in [-0.1, -0.05) is 31.2 Å². The van der Waals surface area contributed by atoms with Crippen molar-refractivity contribution in [3.8, 4) is 5.75 Å². The first-order chi connectivity index (χ1) is 12.8. The van der Waals surface area contributed by atoms with E-state index in [1.165, 1.54) is 11.1 Å². The first-order valence-corrected chi connectivity index (χ1v) is 8.82. The molecule has 0 unspecified atom stereocenters. The first kappa shape index (κ1) is 17.7. The summed E-state index contributed by atoms with van der Waals surface area (Å²) in [6.07, 6.45) is 3.70. The Bertz CT molecular complexity index is 816. The first-order valence-electron chi connectivity index (χ1n) is 8.82. The van der Waals surface area contributed by atoms with E-state index in [4.69, 9.17) is 4.74 Å². The van der Waals surface area contributed by atoms with Gasteiger partial charge in [-0.3, -0.25) is 0 Å². The second-order valence-electron chi connectivity index (χ2n) is 5.97. The second-order valence-corrected chi connectivity index (χ2v) is 5.97. The summed E-state index contributed by atoms with van der Waals surface area (Å²) in [5, 5.41) is 6.58. The van der Waals surface area contributed by atoms with Crippen LogP contribution in [0.1, 0.15) is 18.1 Å². The van der Waals surface area contributed by atoms with Crippen molar-refractivity contribution in [1.82, 2.24) is 9.97 Å². The number of nitrogens with one attached hydrogen (secondary N) is 2. The normalized spacial score (nSPS) is 10.4. The summed E-state index contributed by atoms with van der Waals surface area (Å²) in [6.45, 7) is 2.95. The largest absolute Gasteiger partial charge is 0.497 e. The maximum absolute atomic E-state index is 5.18. The zero-order valence-corrected chi connectivity index (χ0v) is 15.2. The van der Waals surface area contributed by atoms with Gasteiger partial charge in [0.2, 0.25) is 5.95 Å². The van der Waals surface area contributed by atoms with Crippen LogP contribution in [0.25, 0.3) is 0 Å². The molecule has 3 aromatic rings. The van der Waals surface area contributed by atoms with Gasteiger partial charge in [0, 0.05) is 18.4 Å². The van der Waals surface area contributed by atoms with Crippen molar-refractivity contribution in [2.24, 2.45) is 0 Å². The Kier molecular flexibility index (Phi) is 6.04. The highest BCUT2D eigenvalue weighted by molar-refractivity contribution is 5.55. The monoisotopic (exact) mass is 348 g/mol. The highest BCUT2D eigenvalue weighted by Gasteiger charge is 2.01. The molecule has 1 heterocycles. The summed E-state index contributed by atoms with van der Waals surface area (Å²) >= 11 is 0. The Labute approximate surface area is 154 Å². The standard InChI is InChI=1S/C21H24N4O/c1-3-16-4-8-18(9-5-16)24-21-23-15-13-20(25-21)22-14-12-17-6-10-19(26-2)11-7-17/h4-11,13,15H,3,12,14H2,1-2H3,(H2,22,23,24,25). The van der Waals surface area contributed by atoms with Crippen molar-refractivity contribution in [3.05, 3.63) is 71.9 Å². The van der Waals surface area contributed by atoms with Crippen molar-refractivity contribution in [2.45, 2.75) is 19.8 Å². The van der Waals surface area contributed by atoms with Crippen molar-refractivity contribution >= 4 is 17.5 Å². The van der Waals surface area contributed by atoms with Gasteiger partial charge >= 0.3 is 0 Å². The van der Waals surface area contributed by atoms with E-state index < -0.39 is 0 Å². The minimum atomic E-state index is 0.587. The molecule has 3 rings (SSSR count). The van der Waals surface area contributed by atoms with Gasteiger partial charge in [-0.25, -0.2) is 4.98 Å². The summed E-state index contributed by atoms with van der Waals surface area (Å²) in [5.74, 6) is 2.27. The van der Waals surface area contributed by atoms with Gasteiger partial charge in [-0.05, 0) is 54.3 Å². The second kappa shape index (κ2) is 8.85. The van der Waals surface area contributed by atoms with E-state index in [0.717, 1.165) is 36.6 Å². The highest BCUT2D eigenvalue weighted by Crippen LogP contribution is 2.16. The summed E-state index contributed by atoms with van der Waals surface area (Å²) in [7, 11) is 1.68. The van der Waals surface area contributed by atoms with Crippen molar-refractivity contribution in [1.29, 1.82) is 0 Å². The molecule has 134 valence electrons. The maximum atomic E-state index is 5.18. The minimum Gasteiger partial charge on any atom is -0.497 e. The smallest absolute Gasteiger partial charge is 0.229 e. The van der Waals surface area contributed by atoms with Gasteiger partial charge in [0.1, 0.15) is 11.6 Å². The van der Waals surface area contributed by atoms with Crippen LogP contribution in [0, 0.1) is 0 Å². The molecule has 0 radical (unpaired) electrons. The van der Waals surface area contributed by atoms with Gasteiger partial charge < -0.3 is 15.4 Å². The van der Waals surface area contributed by atoms with Crippen LogP contribution in [0.4, 0.5) is 17.5 Å². The molecule has 0 aliphatic rings. The number of aryl methyl sites for hydroxylation is 1. The lowest BCUT2D eigenvalue weighted by Gasteiger charge is -2.09. The lowest BCUT2D eigenvalue weighted by atomic mass is 10.1. The van der Waals surface area contributed by atoms with Crippen LogP contribution in [0.3, 0.4) is 0 Å². The van der Waals surface area contributed by atoms with Crippen LogP contribution in [-0.4, -0.2) is 23.6 Å². The molecule has 5 nitrogen and oxygen atoms in total. The molecular formula is C21H24N4O. The Morgan fingerprint density at radius 1 is 0.923 bits per heavy atom. The third kappa shape index (κ3) is 4.96. The number of ether oxygens (including phenoxy) is 1. The molecule has 2 N–H and O–H groups in total. The molecule has 5 heteroatoms. The average Bonchev–Trinajstić information content (AvgIpc) is 2.69. The molecule has 0 bridgehead atoms. The predicted molar refractivity (Wildman–Crippen MR) is 106 cm³/mol. The molecule has 2 aromatic carbocycles. The number of benzene rings is 2. The summed E-state index contributed by atoms with van der Waals surface area (Å²) in [6, 6.07) is 18.3. The average molecular weight is 348 g/mol. The molecule has 0 aliphatic carbocycles. The third-order valence-electron chi connectivity index (χ3n) is 4.15. The van der Waals surface area contributed by atoms with Gasteiger partial charge in [0.05, 0.1) is 7.11 Å². The van der Waals surface area contributed by atoms with E-state index in [9.17, 15) is 0 Å². The Morgan fingerprint density at radius 2 is 1.65 bits per heavy atom. The summed E-state index contributed by atoms with van der Waals surface area (Å²) in [4.78, 5) is 8.80. The molecule has 26 heavy (non-hydrogen) atoms. The van der Waals surface area contributed by atoms with E-state index in [2.05, 4.69) is 51.8 Å². The van der Waals surface area contributed by atoms with Crippen LogP contribution in [0.15, 0.2) is 60.8 Å². The van der Waals surface area contributed by atoms with Crippen LogP contribution >= 0.6 is 0 Å². The molecule has 0 spiro atoms. The third-order valence-corrected chi connectivity index (χ3v) is 4.15. The Balaban J connectivity index is 1.54. The minimum absolute atomic E-state index is 0.587. The van der Waals surface area contributed by atoms with E-state index >= 15 is 0 Å². The van der Waals surface area contributed by atoms with Crippen molar-refractivity contribution in [3.63, 3.8) is 0 Å². The lowest BCUT2D eigenvalue weighted by Crippen LogP contribution is -2.07. The number of hydrogen-bond acceptors (Lipinski definition) is 5. The molecule has 0 fully saturated rings. The number of rotatable bonds is 8. The van der Waals surface area contributed by atoms with Gasteiger partial charge in [0.15, 0.2) is 0 Å². The van der Waals surface area contributed by atoms with E-state index in [1.807, 2.05) is 30.3 Å². The van der Waals surface area contributed by atoms with Crippen LogP contribution in [-0.2, 0) is 12.8 Å². The number of hydrogen-bond donors (Lipinski definition) is 2. The highest BCUT2D eigenvalue weighted by atomic mass is 16.5. The summed E-state index contributed by atoms with van der Waals surface area (Å²) in [5.41, 5.74) is 3.55. The van der Waals surface area contributed by atoms with E-state index in [1.54, 1.807) is 13.3 Å². The Hall–Kier alpha value is -3.08. The van der Waals surface area contributed by atoms with E-state index in [0.29, 0.717) is 5.95 Å². The van der Waals surface area contributed by atoms with Crippen LogP contribution in [0.5, 0.6) is 5.75 Å². The molecule has 0 atom stereocenters. The maximum Gasteiger partial charge on any atom is 0.229 e. The zero-order valence-electron chi connectivity index (χ0n) is 15.2. The van der Waals surface area contributed by atoms with Crippen molar-refractivity contribution in [2.75, 3.05) is 24.3 Å². The molecule has 0 aliphatic heterocycles. The van der Waals surface area contributed by atoms with Crippen LogP contribution < -0.4 is 15.4 Å². The zero-order chi connectivity index (χ0) is 18.2. The van der Waals surface area contributed by atoms with Gasteiger partial charge in [0.25, 0.3) is 0 Å². The number of methoxy groups -OCH3 is 1. The summed E-state index contributed by atoms with van der Waals surface area (Å²) < 4.78 is 5.18. The molecular weight excluding hydrogens is 324 g/mol. The van der Waals surface area contributed by atoms with Crippen LogP contribution in [0.2, 0.25) is 0 Å². The van der Waals surface area contributed by atoms with Gasteiger partial charge in [-0.15, -0.1) is 0 Å². The number of anilines is 3. The quantitative estimate of drug-likeness (QED) is 0.630. The molecule has 0 amide bonds. The molecule has 0 saturated heterocycles. The topological polar surface area (TPSA) is 59.1 Å². The number of aromatic nitrogens is 2. The SMILES string of the molecule is CCc1ccc(Nc2nccc(NCCc3ccc(OC)cc3)n2)cc1. The fourth-order valence-corrected chi connectivity index (χ4v) is 2.60. The Morgan fingerprint density at radius 3 is 2.35 bits per heavy atom. The van der Waals surface area contributed by atoms with Crippen molar-refractivity contribution < 1.29 is 4.74 Å². The molecule has 1 aromatic heterocycles. The number of nitrogens with zero attached hydrogens (tertiary/aromatic N) is 2. The fourth-order valence-electron chi connectivity index (χ4n) is 2.60. The lowest BCUT2D eigenvalue weighted by molar-refractivity contribution is 0.414. The fraction of sp³-hybridized carbons (Fsp3) is 0.238. The van der Waals surface area contributed by atoms with E-state index in [-0.39, 0.29) is 0 Å². The molecule has 0 saturated carbocycles.